The second-order valence-corrected chi connectivity index (χ2v) is 7.63. The molecule has 0 saturated carbocycles. The molecule has 2 rings (SSSR count). The van der Waals surface area contributed by atoms with Gasteiger partial charge >= 0.3 is 0 Å². The van der Waals surface area contributed by atoms with Gasteiger partial charge in [-0.05, 0) is 45.3 Å². The van der Waals surface area contributed by atoms with Crippen LogP contribution >= 0.6 is 43.6 Å². The minimum atomic E-state index is -0.182. The quantitative estimate of drug-likeness (QED) is 0.451. The summed E-state index contributed by atoms with van der Waals surface area (Å²) in [4.78, 5) is 11.8. The van der Waals surface area contributed by atoms with Crippen LogP contribution in [0.1, 0.15) is 11.1 Å². The van der Waals surface area contributed by atoms with Crippen molar-refractivity contribution in [3.05, 3.63) is 56.5 Å². The monoisotopic (exact) mass is 486 g/mol. The van der Waals surface area contributed by atoms with Crippen molar-refractivity contribution in [2.24, 2.45) is 5.10 Å². The van der Waals surface area contributed by atoms with E-state index in [0.29, 0.717) is 21.5 Å². The third-order valence-electron chi connectivity index (χ3n) is 3.12. The molecule has 2 aromatic rings. The van der Waals surface area contributed by atoms with Gasteiger partial charge < -0.3 is 9.84 Å². The first-order valence-electron chi connectivity index (χ1n) is 7.21. The average molecular weight is 488 g/mol. The molecule has 0 spiro atoms. The minimum Gasteiger partial charge on any atom is -0.503 e. The normalized spacial score (nSPS) is 10.8. The van der Waals surface area contributed by atoms with Crippen LogP contribution in [0.5, 0.6) is 11.5 Å². The zero-order chi connectivity index (χ0) is 18.2. The summed E-state index contributed by atoms with van der Waals surface area (Å²) in [7, 11) is 1.46. The third kappa shape index (κ3) is 6.05. The van der Waals surface area contributed by atoms with Crippen molar-refractivity contribution < 1.29 is 14.6 Å². The van der Waals surface area contributed by atoms with Gasteiger partial charge in [0.2, 0.25) is 5.91 Å². The second-order valence-electron chi connectivity index (χ2n) is 4.93. The maximum absolute atomic E-state index is 11.8. The molecule has 0 atom stereocenters. The van der Waals surface area contributed by atoms with E-state index in [4.69, 9.17) is 4.74 Å². The molecule has 0 aliphatic carbocycles. The van der Waals surface area contributed by atoms with E-state index in [1.807, 2.05) is 24.3 Å². The molecular weight excluding hydrogens is 472 g/mol. The van der Waals surface area contributed by atoms with Crippen molar-refractivity contribution in [2.45, 2.75) is 5.75 Å². The maximum Gasteiger partial charge on any atom is 0.250 e. The number of benzene rings is 2. The number of thioether (sulfide) groups is 1. The number of aromatic hydroxyl groups is 1. The van der Waals surface area contributed by atoms with Crippen LogP contribution in [0.3, 0.4) is 0 Å². The fraction of sp³-hybridized carbons (Fsp3) is 0.176. The molecule has 0 aliphatic rings. The number of amides is 1. The molecule has 132 valence electrons. The topological polar surface area (TPSA) is 70.9 Å². The molecule has 1 amide bonds. The van der Waals surface area contributed by atoms with Gasteiger partial charge in [0.1, 0.15) is 0 Å². The van der Waals surface area contributed by atoms with Crippen LogP contribution in [-0.2, 0) is 10.5 Å². The molecule has 0 heterocycles. The number of rotatable bonds is 7. The third-order valence-corrected chi connectivity index (χ3v) is 5.48. The lowest BCUT2D eigenvalue weighted by Gasteiger charge is -2.06. The molecule has 0 unspecified atom stereocenters. The Balaban J connectivity index is 1.83. The van der Waals surface area contributed by atoms with Crippen LogP contribution in [0.4, 0.5) is 0 Å². The highest BCUT2D eigenvalue weighted by molar-refractivity contribution is 9.10. The summed E-state index contributed by atoms with van der Waals surface area (Å²) in [6.07, 6.45) is 1.49. The number of nitrogens with one attached hydrogen (secondary N) is 1. The van der Waals surface area contributed by atoms with E-state index >= 15 is 0 Å². The summed E-state index contributed by atoms with van der Waals surface area (Å²) in [5.41, 5.74) is 4.31. The van der Waals surface area contributed by atoms with E-state index in [2.05, 4.69) is 42.4 Å². The van der Waals surface area contributed by atoms with Crippen LogP contribution in [-0.4, -0.2) is 30.1 Å². The Morgan fingerprint density at radius 2 is 2.08 bits per heavy atom. The molecule has 0 radical (unpaired) electrons. The first-order valence-corrected chi connectivity index (χ1v) is 9.95. The number of carbonyl (C=O) groups is 1. The predicted molar refractivity (Wildman–Crippen MR) is 108 cm³/mol. The lowest BCUT2D eigenvalue weighted by atomic mass is 10.2. The number of methoxy groups -OCH3 is 1. The number of phenolic OH excluding ortho intramolecular Hbond substituents is 1. The van der Waals surface area contributed by atoms with Gasteiger partial charge in [0.05, 0.1) is 23.5 Å². The van der Waals surface area contributed by atoms with Crippen LogP contribution in [0.25, 0.3) is 0 Å². The molecule has 2 N–H and O–H groups in total. The molecule has 0 aliphatic heterocycles. The summed E-state index contributed by atoms with van der Waals surface area (Å²) in [6.45, 7) is 0. The van der Waals surface area contributed by atoms with Gasteiger partial charge in [0.25, 0.3) is 0 Å². The summed E-state index contributed by atoms with van der Waals surface area (Å²) in [6, 6.07) is 11.2. The Labute approximate surface area is 167 Å². The molecule has 2 aromatic carbocycles. The Bertz CT molecular complexity index is 784. The van der Waals surface area contributed by atoms with Crippen molar-refractivity contribution in [1.82, 2.24) is 5.43 Å². The van der Waals surface area contributed by atoms with Crippen molar-refractivity contribution in [3.8, 4) is 11.5 Å². The van der Waals surface area contributed by atoms with Gasteiger partial charge in [-0.1, -0.05) is 34.1 Å². The van der Waals surface area contributed by atoms with E-state index in [1.54, 1.807) is 12.1 Å². The van der Waals surface area contributed by atoms with Crippen molar-refractivity contribution >= 4 is 55.7 Å². The molecule has 5 nitrogen and oxygen atoms in total. The standard InChI is InChI=1S/C17H16Br2N2O3S/c1-24-15-7-11(6-14(19)17(15)23)8-20-21-16(22)10-25-9-12-4-2-3-5-13(12)18/h2-8,23H,9-10H2,1H3,(H,21,22)/b20-8-. The number of ether oxygens (including phenoxy) is 1. The Kier molecular flexibility index (Phi) is 7.80. The number of hydrogen-bond donors (Lipinski definition) is 2. The Hall–Kier alpha value is -1.51. The second kappa shape index (κ2) is 9.84. The van der Waals surface area contributed by atoms with Crippen LogP contribution in [0, 0.1) is 0 Å². The lowest BCUT2D eigenvalue weighted by Crippen LogP contribution is -2.19. The van der Waals surface area contributed by atoms with E-state index in [1.165, 1.54) is 25.1 Å². The largest absolute Gasteiger partial charge is 0.503 e. The van der Waals surface area contributed by atoms with E-state index in [9.17, 15) is 9.90 Å². The SMILES string of the molecule is COc1cc(/C=N\NC(=O)CSCc2ccccc2Br)cc(Br)c1O. The van der Waals surface area contributed by atoms with Gasteiger partial charge in [-0.25, -0.2) is 5.43 Å². The van der Waals surface area contributed by atoms with Crippen molar-refractivity contribution in [3.63, 3.8) is 0 Å². The van der Waals surface area contributed by atoms with E-state index in [0.717, 1.165) is 15.8 Å². The van der Waals surface area contributed by atoms with Crippen LogP contribution in [0.2, 0.25) is 0 Å². The fourth-order valence-corrected chi connectivity index (χ4v) is 3.80. The van der Waals surface area contributed by atoms with Crippen LogP contribution < -0.4 is 10.2 Å². The molecule has 8 heteroatoms. The Morgan fingerprint density at radius 1 is 1.32 bits per heavy atom. The molecular formula is C17H16Br2N2O3S. The number of nitrogens with zero attached hydrogens (tertiary/aromatic N) is 1. The zero-order valence-corrected chi connectivity index (χ0v) is 17.3. The molecule has 0 aromatic heterocycles. The minimum absolute atomic E-state index is 0.0205. The van der Waals surface area contributed by atoms with Crippen LogP contribution in [0.15, 0.2) is 50.4 Å². The number of phenols is 1. The molecule has 25 heavy (non-hydrogen) atoms. The number of hydrazone groups is 1. The molecule has 0 saturated heterocycles. The van der Waals surface area contributed by atoms with Crippen molar-refractivity contribution in [2.75, 3.05) is 12.9 Å². The van der Waals surface area contributed by atoms with Gasteiger partial charge in [-0.15, -0.1) is 11.8 Å². The Morgan fingerprint density at radius 3 is 2.80 bits per heavy atom. The van der Waals surface area contributed by atoms with Gasteiger partial charge in [-0.2, -0.15) is 5.10 Å². The molecule has 0 fully saturated rings. The van der Waals surface area contributed by atoms with Crippen molar-refractivity contribution in [1.29, 1.82) is 0 Å². The first kappa shape index (κ1) is 19.8. The van der Waals surface area contributed by atoms with Gasteiger partial charge in [0.15, 0.2) is 11.5 Å². The van der Waals surface area contributed by atoms with Gasteiger partial charge in [0, 0.05) is 10.2 Å². The summed E-state index contributed by atoms with van der Waals surface area (Å²) in [5.74, 6) is 1.21. The number of hydrogen-bond acceptors (Lipinski definition) is 5. The summed E-state index contributed by atoms with van der Waals surface area (Å²) in [5, 5.41) is 13.7. The predicted octanol–water partition coefficient (Wildman–Crippen LogP) is 4.31. The highest BCUT2D eigenvalue weighted by atomic mass is 79.9. The number of carbonyl (C=O) groups excluding carboxylic acids is 1. The first-order chi connectivity index (χ1) is 12.0. The average Bonchev–Trinajstić information content (AvgIpc) is 2.59. The van der Waals surface area contributed by atoms with Gasteiger partial charge in [-0.3, -0.25) is 4.79 Å². The highest BCUT2D eigenvalue weighted by Gasteiger charge is 2.07. The zero-order valence-electron chi connectivity index (χ0n) is 13.3. The molecule has 0 bridgehead atoms. The van der Waals surface area contributed by atoms with E-state index < -0.39 is 0 Å². The lowest BCUT2D eigenvalue weighted by molar-refractivity contribution is -0.118. The maximum atomic E-state index is 11.8. The smallest absolute Gasteiger partial charge is 0.250 e. The highest BCUT2D eigenvalue weighted by Crippen LogP contribution is 2.34. The fourth-order valence-electron chi connectivity index (χ4n) is 1.90. The summed E-state index contributed by atoms with van der Waals surface area (Å²) < 4.78 is 6.59. The number of halogens is 2. The van der Waals surface area contributed by atoms with E-state index in [-0.39, 0.29) is 11.7 Å². The summed E-state index contributed by atoms with van der Waals surface area (Å²) >= 11 is 8.23.